The Morgan fingerprint density at radius 3 is 2.48 bits per heavy atom. The molecule has 0 radical (unpaired) electrons. The van der Waals surface area contributed by atoms with Crippen molar-refractivity contribution in [1.29, 1.82) is 0 Å². The molecule has 2 heterocycles. The van der Waals surface area contributed by atoms with Crippen LogP contribution < -0.4 is 9.75 Å². The van der Waals surface area contributed by atoms with E-state index in [-0.39, 0.29) is 17.6 Å². The average molecular weight is 352 g/mol. The second-order valence-corrected chi connectivity index (χ2v) is 5.75. The Labute approximate surface area is 141 Å². The van der Waals surface area contributed by atoms with Crippen molar-refractivity contribution in [3.8, 4) is 5.75 Å². The van der Waals surface area contributed by atoms with Crippen LogP contribution in [0.2, 0.25) is 0 Å². The number of hydrogen-bond acceptors (Lipinski definition) is 4. The molecule has 1 aliphatic heterocycles. The van der Waals surface area contributed by atoms with Crippen molar-refractivity contribution in [3.05, 3.63) is 42.2 Å². The van der Waals surface area contributed by atoms with E-state index >= 15 is 0 Å². The number of rotatable bonds is 3. The molecule has 1 atom stereocenters. The number of amides is 1. The first-order valence-electron chi connectivity index (χ1n) is 7.49. The van der Waals surface area contributed by atoms with E-state index in [0.717, 1.165) is 0 Å². The monoisotopic (exact) mass is 352 g/mol. The summed E-state index contributed by atoms with van der Waals surface area (Å²) < 4.78 is 42.1. The Kier molecular flexibility index (Phi) is 4.23. The summed E-state index contributed by atoms with van der Waals surface area (Å²) in [7, 11) is 1.73. The topological polar surface area (TPSA) is 59.7 Å². The Balaban J connectivity index is 1.89. The van der Waals surface area contributed by atoms with Crippen molar-refractivity contribution in [2.24, 2.45) is 18.1 Å². The lowest BCUT2D eigenvalue weighted by atomic mass is 9.96. The van der Waals surface area contributed by atoms with Crippen LogP contribution in [0, 0.1) is 5.92 Å². The van der Waals surface area contributed by atoms with Gasteiger partial charge >= 0.3 is 6.36 Å². The number of ether oxygens (including phenoxy) is 1. The minimum absolute atomic E-state index is 0.159. The molecule has 0 saturated heterocycles. The average Bonchev–Trinajstić information content (AvgIpc) is 2.95. The molecule has 0 fully saturated rings. The van der Waals surface area contributed by atoms with Gasteiger partial charge in [-0.1, -0.05) is 6.92 Å². The SMILES string of the molecule is CC1CC(c2ccc(OC(F)(F)F)cc2)=NN(c2cnn(C)c2)C1=O. The van der Waals surface area contributed by atoms with Gasteiger partial charge in [0.1, 0.15) is 11.4 Å². The van der Waals surface area contributed by atoms with Gasteiger partial charge in [-0.3, -0.25) is 9.48 Å². The zero-order valence-electron chi connectivity index (χ0n) is 13.5. The second-order valence-electron chi connectivity index (χ2n) is 5.75. The van der Waals surface area contributed by atoms with E-state index in [9.17, 15) is 18.0 Å². The molecule has 1 aromatic heterocycles. The zero-order chi connectivity index (χ0) is 18.2. The molecule has 0 aliphatic carbocycles. The van der Waals surface area contributed by atoms with Crippen molar-refractivity contribution in [3.63, 3.8) is 0 Å². The Hall–Kier alpha value is -2.84. The summed E-state index contributed by atoms with van der Waals surface area (Å²) in [6, 6.07) is 5.43. The van der Waals surface area contributed by atoms with Crippen LogP contribution in [0.1, 0.15) is 18.9 Å². The highest BCUT2D eigenvalue weighted by atomic mass is 19.4. The number of carbonyl (C=O) groups is 1. The molecule has 1 aromatic carbocycles. The summed E-state index contributed by atoms with van der Waals surface area (Å²) in [5.41, 5.74) is 1.77. The Bertz CT molecular complexity index is 812. The lowest BCUT2D eigenvalue weighted by molar-refractivity contribution is -0.274. The largest absolute Gasteiger partial charge is 0.573 e. The molecule has 0 bridgehead atoms. The molecule has 9 heteroatoms. The number of alkyl halides is 3. The third-order valence-corrected chi connectivity index (χ3v) is 3.71. The molecule has 0 spiro atoms. The van der Waals surface area contributed by atoms with Gasteiger partial charge in [0, 0.05) is 19.4 Å². The van der Waals surface area contributed by atoms with Gasteiger partial charge in [0.05, 0.1) is 18.1 Å². The summed E-state index contributed by atoms with van der Waals surface area (Å²) >= 11 is 0. The molecular formula is C16H15F3N4O2. The molecule has 1 unspecified atom stereocenters. The number of nitrogens with zero attached hydrogens (tertiary/aromatic N) is 4. The van der Waals surface area contributed by atoms with Crippen LogP contribution in [-0.4, -0.2) is 27.8 Å². The van der Waals surface area contributed by atoms with Gasteiger partial charge in [-0.15, -0.1) is 13.2 Å². The molecule has 3 rings (SSSR count). The van der Waals surface area contributed by atoms with Crippen LogP contribution in [0.3, 0.4) is 0 Å². The third-order valence-electron chi connectivity index (χ3n) is 3.71. The van der Waals surface area contributed by atoms with Crippen molar-refractivity contribution in [2.75, 3.05) is 5.01 Å². The first-order valence-corrected chi connectivity index (χ1v) is 7.49. The fourth-order valence-corrected chi connectivity index (χ4v) is 2.52. The summed E-state index contributed by atoms with van der Waals surface area (Å²) in [6.07, 6.45) is -1.15. The van der Waals surface area contributed by atoms with Crippen molar-refractivity contribution >= 4 is 17.3 Å². The number of halogens is 3. The minimum Gasteiger partial charge on any atom is -0.406 e. The fourth-order valence-electron chi connectivity index (χ4n) is 2.52. The summed E-state index contributed by atoms with van der Waals surface area (Å²) in [5.74, 6) is -0.770. The third kappa shape index (κ3) is 3.81. The highest BCUT2D eigenvalue weighted by molar-refractivity contribution is 6.09. The summed E-state index contributed by atoms with van der Waals surface area (Å²) in [6.45, 7) is 1.78. The van der Waals surface area contributed by atoms with E-state index in [4.69, 9.17) is 0 Å². The van der Waals surface area contributed by atoms with Gasteiger partial charge < -0.3 is 4.74 Å². The molecule has 25 heavy (non-hydrogen) atoms. The summed E-state index contributed by atoms with van der Waals surface area (Å²) in [5, 5.41) is 9.66. The van der Waals surface area contributed by atoms with Crippen molar-refractivity contribution in [1.82, 2.24) is 9.78 Å². The minimum atomic E-state index is -4.73. The van der Waals surface area contributed by atoms with Gasteiger partial charge in [0.2, 0.25) is 0 Å². The van der Waals surface area contributed by atoms with E-state index in [0.29, 0.717) is 23.4 Å². The molecule has 132 valence electrons. The second kappa shape index (κ2) is 6.23. The van der Waals surface area contributed by atoms with E-state index in [1.807, 2.05) is 0 Å². The van der Waals surface area contributed by atoms with Gasteiger partial charge in [-0.25, -0.2) is 0 Å². The maximum Gasteiger partial charge on any atom is 0.573 e. The number of aryl methyl sites for hydroxylation is 1. The number of carbonyl (C=O) groups excluding carboxylic acids is 1. The standard InChI is InChI=1S/C16H15F3N4O2/c1-10-7-14(11-3-5-13(6-4-11)25-16(17,18)19)21-23(15(10)24)12-8-20-22(2)9-12/h3-6,8-10H,7H2,1-2H3. The molecule has 0 N–H and O–H groups in total. The van der Waals surface area contributed by atoms with Crippen LogP contribution in [0.25, 0.3) is 0 Å². The van der Waals surface area contributed by atoms with Crippen molar-refractivity contribution in [2.45, 2.75) is 19.7 Å². The van der Waals surface area contributed by atoms with Crippen molar-refractivity contribution < 1.29 is 22.7 Å². The Morgan fingerprint density at radius 2 is 1.92 bits per heavy atom. The molecule has 2 aromatic rings. The highest BCUT2D eigenvalue weighted by Crippen LogP contribution is 2.27. The highest BCUT2D eigenvalue weighted by Gasteiger charge is 2.32. The Morgan fingerprint density at radius 1 is 1.24 bits per heavy atom. The molecule has 1 amide bonds. The van der Waals surface area contributed by atoms with Crippen LogP contribution >= 0.6 is 0 Å². The van der Waals surface area contributed by atoms with Crippen LogP contribution in [-0.2, 0) is 11.8 Å². The normalized spacial score (nSPS) is 18.3. The van der Waals surface area contributed by atoms with Crippen LogP contribution in [0.4, 0.5) is 18.9 Å². The lowest BCUT2D eigenvalue weighted by Crippen LogP contribution is -2.37. The number of hydrogen-bond donors (Lipinski definition) is 0. The van der Waals surface area contributed by atoms with E-state index in [1.165, 1.54) is 35.5 Å². The van der Waals surface area contributed by atoms with Gasteiger partial charge in [-0.2, -0.15) is 15.2 Å². The van der Waals surface area contributed by atoms with Gasteiger partial charge in [0.25, 0.3) is 5.91 Å². The number of anilines is 1. The number of hydrazone groups is 1. The summed E-state index contributed by atoms with van der Waals surface area (Å²) in [4.78, 5) is 12.4. The predicted octanol–water partition coefficient (Wildman–Crippen LogP) is 3.10. The molecule has 6 nitrogen and oxygen atoms in total. The van der Waals surface area contributed by atoms with Crippen LogP contribution in [0.15, 0.2) is 41.8 Å². The maximum atomic E-state index is 12.4. The molecule has 0 saturated carbocycles. The molecular weight excluding hydrogens is 337 g/mol. The first-order chi connectivity index (χ1) is 11.7. The maximum absolute atomic E-state index is 12.4. The van der Waals surface area contributed by atoms with E-state index < -0.39 is 6.36 Å². The number of aromatic nitrogens is 2. The van der Waals surface area contributed by atoms with Gasteiger partial charge in [-0.05, 0) is 29.8 Å². The first kappa shape index (κ1) is 17.0. The fraction of sp³-hybridized carbons (Fsp3) is 0.312. The lowest BCUT2D eigenvalue weighted by Gasteiger charge is -2.26. The number of benzene rings is 1. The van der Waals surface area contributed by atoms with Gasteiger partial charge in [0.15, 0.2) is 0 Å². The quantitative estimate of drug-likeness (QED) is 0.853. The van der Waals surface area contributed by atoms with E-state index in [2.05, 4.69) is 14.9 Å². The van der Waals surface area contributed by atoms with Crippen LogP contribution in [0.5, 0.6) is 5.75 Å². The molecule has 1 aliphatic rings. The smallest absolute Gasteiger partial charge is 0.406 e. The van der Waals surface area contributed by atoms with E-state index in [1.54, 1.807) is 24.9 Å². The zero-order valence-corrected chi connectivity index (χ0v) is 13.5. The predicted molar refractivity (Wildman–Crippen MR) is 84.1 cm³/mol.